The molecule has 0 aliphatic heterocycles. The first-order chi connectivity index (χ1) is 11.8. The first kappa shape index (κ1) is 18.9. The number of nitrogens with one attached hydrogen (secondary N) is 2. The van der Waals surface area contributed by atoms with Crippen LogP contribution in [-0.4, -0.2) is 24.5 Å². The molecule has 0 saturated heterocycles. The fourth-order valence-electron chi connectivity index (χ4n) is 2.20. The maximum atomic E-state index is 13.2. The van der Waals surface area contributed by atoms with Crippen LogP contribution < -0.4 is 10.6 Å². The van der Waals surface area contributed by atoms with Crippen LogP contribution in [0.4, 0.5) is 8.78 Å². The van der Waals surface area contributed by atoms with Gasteiger partial charge in [-0.05, 0) is 24.1 Å². The van der Waals surface area contributed by atoms with Crippen molar-refractivity contribution < 1.29 is 13.2 Å². The summed E-state index contributed by atoms with van der Waals surface area (Å²) in [5, 5.41) is 6.18. The molecular formula is C18H24F2N4O. The highest BCUT2D eigenvalue weighted by molar-refractivity contribution is 5.79. The molecule has 0 fully saturated rings. The first-order valence-electron chi connectivity index (χ1n) is 8.12. The predicted molar refractivity (Wildman–Crippen MR) is 93.5 cm³/mol. The molecule has 0 bridgehead atoms. The van der Waals surface area contributed by atoms with E-state index in [1.165, 1.54) is 12.1 Å². The van der Waals surface area contributed by atoms with Crippen LogP contribution in [0.1, 0.15) is 38.0 Å². The average Bonchev–Trinajstić information content (AvgIpc) is 2.99. The molecular weight excluding hydrogens is 326 g/mol. The molecule has 0 aliphatic carbocycles. The molecule has 2 rings (SSSR count). The number of benzene rings is 1. The highest BCUT2D eigenvalue weighted by atomic mass is 19.1. The van der Waals surface area contributed by atoms with Crippen molar-refractivity contribution in [3.05, 3.63) is 53.2 Å². The molecule has 136 valence electrons. The number of guanidine groups is 1. The van der Waals surface area contributed by atoms with Crippen molar-refractivity contribution in [1.82, 2.24) is 15.6 Å². The minimum absolute atomic E-state index is 0.0919. The van der Waals surface area contributed by atoms with Crippen molar-refractivity contribution >= 4 is 5.96 Å². The van der Waals surface area contributed by atoms with Crippen molar-refractivity contribution in [2.24, 2.45) is 4.99 Å². The second-order valence-electron chi connectivity index (χ2n) is 6.75. The molecule has 2 aromatic rings. The quantitative estimate of drug-likeness (QED) is 0.642. The Hall–Kier alpha value is -2.44. The number of rotatable bonds is 5. The summed E-state index contributed by atoms with van der Waals surface area (Å²) in [6.45, 7) is 7.05. The Labute approximate surface area is 146 Å². The molecule has 0 saturated carbocycles. The minimum atomic E-state index is -0.573. The topological polar surface area (TPSA) is 62.5 Å². The zero-order chi connectivity index (χ0) is 18.4. The number of oxazole rings is 1. The molecule has 1 aromatic heterocycles. The van der Waals surface area contributed by atoms with E-state index in [0.717, 1.165) is 11.8 Å². The van der Waals surface area contributed by atoms with Crippen LogP contribution in [-0.2, 0) is 18.4 Å². The van der Waals surface area contributed by atoms with Gasteiger partial charge in [-0.25, -0.2) is 13.8 Å². The van der Waals surface area contributed by atoms with E-state index in [0.29, 0.717) is 36.9 Å². The lowest BCUT2D eigenvalue weighted by Crippen LogP contribution is -2.37. The number of hydrogen-bond acceptors (Lipinski definition) is 3. The third-order valence-electron chi connectivity index (χ3n) is 3.55. The second kappa shape index (κ2) is 8.09. The van der Waals surface area contributed by atoms with Gasteiger partial charge in [-0.1, -0.05) is 20.8 Å². The third-order valence-corrected chi connectivity index (χ3v) is 3.55. The van der Waals surface area contributed by atoms with Gasteiger partial charge >= 0.3 is 0 Å². The van der Waals surface area contributed by atoms with Gasteiger partial charge < -0.3 is 15.1 Å². The van der Waals surface area contributed by atoms with Crippen molar-refractivity contribution in [1.29, 1.82) is 0 Å². The fraction of sp³-hybridized carbons (Fsp3) is 0.444. The zero-order valence-electron chi connectivity index (χ0n) is 15.0. The number of hydrogen-bond donors (Lipinski definition) is 2. The van der Waals surface area contributed by atoms with Crippen molar-refractivity contribution in [2.75, 3.05) is 13.6 Å². The van der Waals surface area contributed by atoms with E-state index in [9.17, 15) is 8.78 Å². The zero-order valence-corrected chi connectivity index (χ0v) is 15.0. The van der Waals surface area contributed by atoms with Gasteiger partial charge in [-0.3, -0.25) is 4.99 Å². The van der Waals surface area contributed by atoms with Gasteiger partial charge in [0.15, 0.2) is 5.96 Å². The molecule has 7 heteroatoms. The van der Waals surface area contributed by atoms with Crippen molar-refractivity contribution in [3.8, 4) is 0 Å². The SMILES string of the molecule is CN=C(NCCc1cc(F)cc(F)c1)NCc1ncc(C(C)(C)C)o1. The van der Waals surface area contributed by atoms with Gasteiger partial charge in [-0.15, -0.1) is 0 Å². The molecule has 0 aliphatic rings. The van der Waals surface area contributed by atoms with Crippen LogP contribution in [0.15, 0.2) is 33.8 Å². The summed E-state index contributed by atoms with van der Waals surface area (Å²) in [6, 6.07) is 3.50. The highest BCUT2D eigenvalue weighted by Crippen LogP contribution is 2.22. The molecule has 0 unspecified atom stereocenters. The van der Waals surface area contributed by atoms with Gasteiger partial charge in [0.1, 0.15) is 17.4 Å². The molecule has 0 atom stereocenters. The van der Waals surface area contributed by atoms with Crippen molar-refractivity contribution in [2.45, 2.75) is 39.2 Å². The van der Waals surface area contributed by atoms with Gasteiger partial charge in [-0.2, -0.15) is 0 Å². The summed E-state index contributed by atoms with van der Waals surface area (Å²) in [6.07, 6.45) is 2.20. The lowest BCUT2D eigenvalue weighted by molar-refractivity contribution is 0.379. The predicted octanol–water partition coefficient (Wildman–Crippen LogP) is 3.16. The molecule has 0 radical (unpaired) electrons. The maximum absolute atomic E-state index is 13.2. The lowest BCUT2D eigenvalue weighted by atomic mass is 9.94. The van der Waals surface area contributed by atoms with E-state index in [2.05, 4.69) is 41.4 Å². The van der Waals surface area contributed by atoms with Crippen LogP contribution in [0.2, 0.25) is 0 Å². The van der Waals surface area contributed by atoms with Gasteiger partial charge in [0.05, 0.1) is 12.7 Å². The molecule has 2 N–H and O–H groups in total. The molecule has 25 heavy (non-hydrogen) atoms. The van der Waals surface area contributed by atoms with E-state index in [4.69, 9.17) is 4.42 Å². The Kier molecular flexibility index (Phi) is 6.12. The van der Waals surface area contributed by atoms with E-state index in [1.54, 1.807) is 13.2 Å². The van der Waals surface area contributed by atoms with Crippen molar-refractivity contribution in [3.63, 3.8) is 0 Å². The van der Waals surface area contributed by atoms with E-state index in [1.807, 2.05) is 0 Å². The highest BCUT2D eigenvalue weighted by Gasteiger charge is 2.19. The Balaban J connectivity index is 1.82. The number of aliphatic imine (C=N–C) groups is 1. The smallest absolute Gasteiger partial charge is 0.213 e. The van der Waals surface area contributed by atoms with Gasteiger partial charge in [0, 0.05) is 25.1 Å². The molecule has 0 spiro atoms. The van der Waals surface area contributed by atoms with Crippen LogP contribution in [0, 0.1) is 11.6 Å². The standard InChI is InChI=1S/C18H24F2N4O/c1-18(2,3)15-10-23-16(25-15)11-24-17(21-4)22-6-5-12-7-13(19)9-14(20)8-12/h7-10H,5-6,11H2,1-4H3,(H2,21,22,24). The van der Waals surface area contributed by atoms with Crippen LogP contribution in [0.5, 0.6) is 0 Å². The summed E-state index contributed by atoms with van der Waals surface area (Å²) in [5.41, 5.74) is 0.494. The van der Waals surface area contributed by atoms with E-state index in [-0.39, 0.29) is 5.41 Å². The minimum Gasteiger partial charge on any atom is -0.443 e. The van der Waals surface area contributed by atoms with Gasteiger partial charge in [0.2, 0.25) is 5.89 Å². The first-order valence-corrected chi connectivity index (χ1v) is 8.12. The largest absolute Gasteiger partial charge is 0.443 e. The Morgan fingerprint density at radius 1 is 1.16 bits per heavy atom. The fourth-order valence-corrected chi connectivity index (χ4v) is 2.20. The normalized spacial score (nSPS) is 12.3. The Morgan fingerprint density at radius 3 is 2.40 bits per heavy atom. The average molecular weight is 350 g/mol. The summed E-state index contributed by atoms with van der Waals surface area (Å²) < 4.78 is 32.0. The lowest BCUT2D eigenvalue weighted by Gasteiger charge is -2.13. The van der Waals surface area contributed by atoms with E-state index >= 15 is 0 Å². The molecule has 1 aromatic carbocycles. The second-order valence-corrected chi connectivity index (χ2v) is 6.75. The van der Waals surface area contributed by atoms with Crippen LogP contribution in [0.25, 0.3) is 0 Å². The Bertz CT molecular complexity index is 715. The molecule has 0 amide bonds. The van der Waals surface area contributed by atoms with Crippen LogP contribution >= 0.6 is 0 Å². The number of aromatic nitrogens is 1. The molecule has 5 nitrogen and oxygen atoms in total. The summed E-state index contributed by atoms with van der Waals surface area (Å²) in [7, 11) is 1.65. The third kappa shape index (κ3) is 5.85. The monoisotopic (exact) mass is 350 g/mol. The van der Waals surface area contributed by atoms with Crippen LogP contribution in [0.3, 0.4) is 0 Å². The molecule has 1 heterocycles. The van der Waals surface area contributed by atoms with E-state index < -0.39 is 11.6 Å². The summed E-state index contributed by atoms with van der Waals surface area (Å²) in [4.78, 5) is 8.34. The maximum Gasteiger partial charge on any atom is 0.213 e. The summed E-state index contributed by atoms with van der Waals surface area (Å²) >= 11 is 0. The summed E-state index contributed by atoms with van der Waals surface area (Å²) in [5.74, 6) is 0.806. The number of halogens is 2. The van der Waals surface area contributed by atoms with Gasteiger partial charge in [0.25, 0.3) is 0 Å². The number of nitrogens with zero attached hydrogens (tertiary/aromatic N) is 2. The Morgan fingerprint density at radius 2 is 1.84 bits per heavy atom.